The van der Waals surface area contributed by atoms with Gasteiger partial charge >= 0.3 is 5.97 Å². The Kier molecular flexibility index (Phi) is 3.33. The van der Waals surface area contributed by atoms with Crippen molar-refractivity contribution in [3.05, 3.63) is 51.8 Å². The van der Waals surface area contributed by atoms with Crippen molar-refractivity contribution in [1.82, 2.24) is 0 Å². The number of hydrogen-bond acceptors (Lipinski definition) is 4. The maximum atomic E-state index is 10.7. The maximum absolute atomic E-state index is 10.7. The number of aliphatic carboxylic acids is 1. The van der Waals surface area contributed by atoms with Crippen LogP contribution in [0.5, 0.6) is 0 Å². The molecule has 0 saturated heterocycles. The summed E-state index contributed by atoms with van der Waals surface area (Å²) in [5.41, 5.74) is 1.23. The molecule has 0 fully saturated rings. The molecule has 1 aromatic carbocycles. The van der Waals surface area contributed by atoms with E-state index in [1.54, 1.807) is 25.1 Å². The summed E-state index contributed by atoms with van der Waals surface area (Å²) in [6.07, 6.45) is -0.208. The van der Waals surface area contributed by atoms with Crippen molar-refractivity contribution in [2.45, 2.75) is 13.3 Å². The molecule has 1 heterocycles. The second-order valence-corrected chi connectivity index (χ2v) is 4.09. The highest BCUT2D eigenvalue weighted by Gasteiger charge is 2.14. The van der Waals surface area contributed by atoms with Gasteiger partial charge in [0.2, 0.25) is 0 Å². The van der Waals surface area contributed by atoms with Gasteiger partial charge in [0.05, 0.1) is 4.92 Å². The van der Waals surface area contributed by atoms with E-state index in [0.717, 1.165) is 0 Å². The summed E-state index contributed by atoms with van der Waals surface area (Å²) in [6.45, 7) is 1.74. The Morgan fingerprint density at radius 2 is 2.16 bits per heavy atom. The van der Waals surface area contributed by atoms with E-state index in [0.29, 0.717) is 22.6 Å². The minimum Gasteiger partial charge on any atom is -0.481 e. The van der Waals surface area contributed by atoms with Gasteiger partial charge in [-0.05, 0) is 18.6 Å². The van der Waals surface area contributed by atoms with Crippen LogP contribution in [0.1, 0.15) is 11.3 Å². The molecular weight excluding hydrogens is 250 g/mol. The lowest BCUT2D eigenvalue weighted by Crippen LogP contribution is -1.99. The van der Waals surface area contributed by atoms with Gasteiger partial charge in [-0.2, -0.15) is 0 Å². The van der Waals surface area contributed by atoms with E-state index < -0.39 is 10.9 Å². The van der Waals surface area contributed by atoms with E-state index in [4.69, 9.17) is 9.52 Å². The Morgan fingerprint density at radius 3 is 2.79 bits per heavy atom. The number of furan rings is 1. The molecule has 6 heteroatoms. The van der Waals surface area contributed by atoms with Crippen LogP contribution in [0, 0.1) is 17.0 Å². The second-order valence-electron chi connectivity index (χ2n) is 4.09. The number of nitro groups is 1. The summed E-state index contributed by atoms with van der Waals surface area (Å²) >= 11 is 0. The van der Waals surface area contributed by atoms with Crippen molar-refractivity contribution in [2.24, 2.45) is 0 Å². The standard InChI is InChI=1S/C13H11NO5/c1-8-5-12(19-11(8)7-13(15)16)9-3-2-4-10(6-9)14(17)18/h2-6H,7H2,1H3,(H,15,16). The lowest BCUT2D eigenvalue weighted by atomic mass is 10.1. The fourth-order valence-corrected chi connectivity index (χ4v) is 1.75. The Hall–Kier alpha value is -2.63. The smallest absolute Gasteiger partial charge is 0.311 e. The molecule has 0 unspecified atom stereocenters. The lowest BCUT2D eigenvalue weighted by molar-refractivity contribution is -0.384. The molecule has 2 rings (SSSR count). The highest BCUT2D eigenvalue weighted by Crippen LogP contribution is 2.28. The van der Waals surface area contributed by atoms with Gasteiger partial charge in [-0.15, -0.1) is 0 Å². The van der Waals surface area contributed by atoms with E-state index in [1.165, 1.54) is 12.1 Å². The third kappa shape index (κ3) is 2.79. The van der Waals surface area contributed by atoms with Gasteiger partial charge in [-0.1, -0.05) is 12.1 Å². The van der Waals surface area contributed by atoms with Gasteiger partial charge in [0, 0.05) is 17.7 Å². The summed E-state index contributed by atoms with van der Waals surface area (Å²) < 4.78 is 5.44. The van der Waals surface area contributed by atoms with Gasteiger partial charge in [0.1, 0.15) is 17.9 Å². The maximum Gasteiger partial charge on any atom is 0.311 e. The molecule has 0 aliphatic carbocycles. The minimum atomic E-state index is -0.983. The van der Waals surface area contributed by atoms with Crippen molar-refractivity contribution in [2.75, 3.05) is 0 Å². The van der Waals surface area contributed by atoms with Crippen molar-refractivity contribution >= 4 is 11.7 Å². The number of aryl methyl sites for hydroxylation is 1. The van der Waals surface area contributed by atoms with Crippen LogP contribution in [0.25, 0.3) is 11.3 Å². The summed E-state index contributed by atoms with van der Waals surface area (Å²) in [4.78, 5) is 20.9. The average Bonchev–Trinajstić information content (AvgIpc) is 2.70. The normalized spacial score (nSPS) is 10.4. The van der Waals surface area contributed by atoms with Crippen LogP contribution in [-0.4, -0.2) is 16.0 Å². The summed E-state index contributed by atoms with van der Waals surface area (Å²) in [6, 6.07) is 7.69. The molecule has 0 bridgehead atoms. The zero-order valence-electron chi connectivity index (χ0n) is 10.1. The number of non-ortho nitro benzene ring substituents is 1. The molecule has 0 spiro atoms. The SMILES string of the molecule is Cc1cc(-c2cccc([N+](=O)[O-])c2)oc1CC(=O)O. The molecule has 0 aliphatic rings. The molecule has 98 valence electrons. The highest BCUT2D eigenvalue weighted by atomic mass is 16.6. The summed E-state index contributed by atoms with van der Waals surface area (Å²) in [5, 5.41) is 19.4. The summed E-state index contributed by atoms with van der Waals surface area (Å²) in [5.74, 6) is -0.200. The molecule has 0 aliphatic heterocycles. The summed E-state index contributed by atoms with van der Waals surface area (Å²) in [7, 11) is 0. The Balaban J connectivity index is 2.39. The fourth-order valence-electron chi connectivity index (χ4n) is 1.75. The van der Waals surface area contributed by atoms with Gasteiger partial charge < -0.3 is 9.52 Å². The predicted molar refractivity (Wildman–Crippen MR) is 66.9 cm³/mol. The van der Waals surface area contributed by atoms with Crippen LogP contribution in [0.2, 0.25) is 0 Å². The average molecular weight is 261 g/mol. The number of hydrogen-bond donors (Lipinski definition) is 1. The first-order valence-electron chi connectivity index (χ1n) is 5.53. The van der Waals surface area contributed by atoms with Crippen molar-refractivity contribution in [3.63, 3.8) is 0 Å². The van der Waals surface area contributed by atoms with Gasteiger partial charge in [0.15, 0.2) is 0 Å². The Morgan fingerprint density at radius 1 is 1.42 bits per heavy atom. The Labute approximate surface area is 108 Å². The molecule has 6 nitrogen and oxygen atoms in total. The van der Waals surface area contributed by atoms with Crippen LogP contribution < -0.4 is 0 Å². The van der Waals surface area contributed by atoms with E-state index in [2.05, 4.69) is 0 Å². The first kappa shape index (κ1) is 12.8. The van der Waals surface area contributed by atoms with E-state index in [9.17, 15) is 14.9 Å². The van der Waals surface area contributed by atoms with Gasteiger partial charge in [-0.3, -0.25) is 14.9 Å². The van der Waals surface area contributed by atoms with E-state index in [1.807, 2.05) is 0 Å². The van der Waals surface area contributed by atoms with Crippen LogP contribution in [0.4, 0.5) is 5.69 Å². The van der Waals surface area contributed by atoms with Gasteiger partial charge in [-0.25, -0.2) is 0 Å². The number of benzene rings is 1. The molecule has 0 atom stereocenters. The fraction of sp³-hybridized carbons (Fsp3) is 0.154. The number of nitrogens with zero attached hydrogens (tertiary/aromatic N) is 1. The first-order valence-corrected chi connectivity index (χ1v) is 5.53. The third-order valence-electron chi connectivity index (χ3n) is 2.67. The lowest BCUT2D eigenvalue weighted by Gasteiger charge is -1.97. The monoisotopic (exact) mass is 261 g/mol. The second kappa shape index (κ2) is 4.93. The largest absolute Gasteiger partial charge is 0.481 e. The molecule has 0 radical (unpaired) electrons. The van der Waals surface area contributed by atoms with Crippen LogP contribution in [0.3, 0.4) is 0 Å². The molecular formula is C13H11NO5. The van der Waals surface area contributed by atoms with Crippen molar-refractivity contribution in [1.29, 1.82) is 0 Å². The number of carbonyl (C=O) groups is 1. The number of nitro benzene ring substituents is 1. The highest BCUT2D eigenvalue weighted by molar-refractivity contribution is 5.71. The zero-order chi connectivity index (χ0) is 14.0. The minimum absolute atomic E-state index is 0.0358. The van der Waals surface area contributed by atoms with Crippen molar-refractivity contribution < 1.29 is 19.2 Å². The van der Waals surface area contributed by atoms with Crippen LogP contribution in [-0.2, 0) is 11.2 Å². The molecule has 0 saturated carbocycles. The van der Waals surface area contributed by atoms with Crippen LogP contribution in [0.15, 0.2) is 34.7 Å². The predicted octanol–water partition coefficient (Wildman–Crippen LogP) is 2.79. The molecule has 19 heavy (non-hydrogen) atoms. The van der Waals surface area contributed by atoms with Gasteiger partial charge in [0.25, 0.3) is 5.69 Å². The first-order chi connectivity index (χ1) is 8.97. The zero-order valence-corrected chi connectivity index (χ0v) is 10.1. The van der Waals surface area contributed by atoms with E-state index >= 15 is 0 Å². The van der Waals surface area contributed by atoms with Crippen molar-refractivity contribution in [3.8, 4) is 11.3 Å². The molecule has 1 N–H and O–H groups in total. The quantitative estimate of drug-likeness (QED) is 0.674. The molecule has 1 aromatic heterocycles. The Bertz CT molecular complexity index is 644. The van der Waals surface area contributed by atoms with Crippen LogP contribution >= 0.6 is 0 Å². The number of carboxylic acid groups (broad SMARTS) is 1. The molecule has 0 amide bonds. The topological polar surface area (TPSA) is 93.6 Å². The molecule has 2 aromatic rings. The van der Waals surface area contributed by atoms with E-state index in [-0.39, 0.29) is 12.1 Å². The number of carboxylic acids is 1. The third-order valence-corrected chi connectivity index (χ3v) is 2.67. The number of rotatable bonds is 4.